The van der Waals surface area contributed by atoms with E-state index in [0.717, 1.165) is 5.56 Å². The van der Waals surface area contributed by atoms with Gasteiger partial charge in [0.05, 0.1) is 12.0 Å². The van der Waals surface area contributed by atoms with E-state index in [0.29, 0.717) is 6.54 Å². The molecule has 1 rings (SSSR count). The number of hydrogen-bond donors (Lipinski definition) is 1. The summed E-state index contributed by atoms with van der Waals surface area (Å²) in [6.45, 7) is 2.92. The molecular formula is C12H16N2OS. The van der Waals surface area contributed by atoms with Crippen molar-refractivity contribution in [3.05, 3.63) is 35.4 Å². The normalized spacial score (nSPS) is 9.62. The number of nitrogens with zero attached hydrogens (tertiary/aromatic N) is 1. The SMILES string of the molecule is Cc1cccc(CN(C)C(=O)CNC=S)c1. The lowest BCUT2D eigenvalue weighted by molar-refractivity contribution is -0.129. The van der Waals surface area contributed by atoms with Gasteiger partial charge in [-0.05, 0) is 12.5 Å². The second-order valence-electron chi connectivity index (χ2n) is 3.74. The molecule has 0 aliphatic heterocycles. The number of nitrogens with one attached hydrogen (secondary N) is 1. The fourth-order valence-corrected chi connectivity index (χ4v) is 1.52. The van der Waals surface area contributed by atoms with Crippen molar-refractivity contribution < 1.29 is 4.79 Å². The summed E-state index contributed by atoms with van der Waals surface area (Å²) in [4.78, 5) is 13.3. The van der Waals surface area contributed by atoms with Crippen molar-refractivity contribution in [3.8, 4) is 0 Å². The van der Waals surface area contributed by atoms with E-state index in [-0.39, 0.29) is 12.5 Å². The minimum Gasteiger partial charge on any atom is -0.373 e. The summed E-state index contributed by atoms with van der Waals surface area (Å²) in [5.74, 6) is 0.0302. The minimum atomic E-state index is 0.0302. The van der Waals surface area contributed by atoms with Crippen LogP contribution in [0, 0.1) is 6.92 Å². The van der Waals surface area contributed by atoms with Crippen molar-refractivity contribution in [2.75, 3.05) is 13.6 Å². The zero-order chi connectivity index (χ0) is 12.0. The van der Waals surface area contributed by atoms with Gasteiger partial charge in [0.15, 0.2) is 0 Å². The molecule has 0 atom stereocenters. The van der Waals surface area contributed by atoms with Crippen LogP contribution in [0.3, 0.4) is 0 Å². The summed E-state index contributed by atoms with van der Waals surface area (Å²) < 4.78 is 0. The maximum Gasteiger partial charge on any atom is 0.241 e. The molecule has 0 saturated carbocycles. The average Bonchev–Trinajstić information content (AvgIpc) is 2.25. The van der Waals surface area contributed by atoms with E-state index >= 15 is 0 Å². The summed E-state index contributed by atoms with van der Waals surface area (Å²) >= 11 is 4.60. The largest absolute Gasteiger partial charge is 0.373 e. The van der Waals surface area contributed by atoms with E-state index in [1.54, 1.807) is 11.9 Å². The van der Waals surface area contributed by atoms with Crippen molar-refractivity contribution in [1.29, 1.82) is 0 Å². The van der Waals surface area contributed by atoms with E-state index in [1.807, 2.05) is 25.1 Å². The Bertz CT molecular complexity index is 379. The van der Waals surface area contributed by atoms with Crippen LogP contribution in [0.5, 0.6) is 0 Å². The molecule has 0 fully saturated rings. The predicted octanol–water partition coefficient (Wildman–Crippen LogP) is 1.50. The molecule has 0 saturated heterocycles. The van der Waals surface area contributed by atoms with Gasteiger partial charge in [-0.3, -0.25) is 4.79 Å². The zero-order valence-corrected chi connectivity index (χ0v) is 10.4. The van der Waals surface area contributed by atoms with E-state index in [4.69, 9.17) is 0 Å². The lowest BCUT2D eigenvalue weighted by Crippen LogP contribution is -2.34. The second kappa shape index (κ2) is 6.23. The van der Waals surface area contributed by atoms with Crippen LogP contribution in [-0.4, -0.2) is 29.9 Å². The molecule has 0 aromatic heterocycles. The van der Waals surface area contributed by atoms with E-state index in [9.17, 15) is 4.79 Å². The van der Waals surface area contributed by atoms with Crippen LogP contribution in [0.25, 0.3) is 0 Å². The van der Waals surface area contributed by atoms with Gasteiger partial charge in [0.2, 0.25) is 5.91 Å². The van der Waals surface area contributed by atoms with Crippen LogP contribution in [-0.2, 0) is 11.3 Å². The van der Waals surface area contributed by atoms with E-state index < -0.39 is 0 Å². The third-order valence-electron chi connectivity index (χ3n) is 2.26. The Kier molecular flexibility index (Phi) is 4.92. The first-order chi connectivity index (χ1) is 7.63. The van der Waals surface area contributed by atoms with Gasteiger partial charge in [0.25, 0.3) is 0 Å². The topological polar surface area (TPSA) is 32.3 Å². The molecule has 1 N–H and O–H groups in total. The molecule has 1 aromatic rings. The Morgan fingerprint density at radius 3 is 2.94 bits per heavy atom. The quantitative estimate of drug-likeness (QED) is 0.786. The lowest BCUT2D eigenvalue weighted by Gasteiger charge is -2.17. The van der Waals surface area contributed by atoms with Crippen LogP contribution in [0.4, 0.5) is 0 Å². The molecule has 1 aromatic carbocycles. The Hall–Kier alpha value is -1.42. The summed E-state index contributed by atoms with van der Waals surface area (Å²) in [5.41, 5.74) is 3.70. The Balaban J connectivity index is 2.53. The minimum absolute atomic E-state index is 0.0302. The number of rotatable bonds is 5. The highest BCUT2D eigenvalue weighted by molar-refractivity contribution is 7.78. The first kappa shape index (κ1) is 12.6. The predicted molar refractivity (Wildman–Crippen MR) is 69.3 cm³/mol. The zero-order valence-electron chi connectivity index (χ0n) is 9.56. The second-order valence-corrected chi connectivity index (χ2v) is 3.97. The third-order valence-corrected chi connectivity index (χ3v) is 2.43. The van der Waals surface area contributed by atoms with Gasteiger partial charge < -0.3 is 10.2 Å². The van der Waals surface area contributed by atoms with Crippen LogP contribution >= 0.6 is 12.2 Å². The third kappa shape index (κ3) is 3.98. The van der Waals surface area contributed by atoms with Gasteiger partial charge in [-0.15, -0.1) is 0 Å². The van der Waals surface area contributed by atoms with Crippen LogP contribution < -0.4 is 5.32 Å². The van der Waals surface area contributed by atoms with Crippen molar-refractivity contribution in [3.63, 3.8) is 0 Å². The number of likely N-dealkylation sites (N-methyl/N-ethyl adjacent to an activating group) is 1. The highest BCUT2D eigenvalue weighted by Crippen LogP contribution is 2.06. The Morgan fingerprint density at radius 1 is 1.56 bits per heavy atom. The summed E-state index contributed by atoms with van der Waals surface area (Å²) in [6.07, 6.45) is 0. The molecule has 16 heavy (non-hydrogen) atoms. The van der Waals surface area contributed by atoms with Crippen molar-refractivity contribution in [1.82, 2.24) is 10.2 Å². The number of benzene rings is 1. The number of amides is 1. The molecule has 0 spiro atoms. The average molecular weight is 236 g/mol. The Morgan fingerprint density at radius 2 is 2.31 bits per heavy atom. The van der Waals surface area contributed by atoms with E-state index in [1.165, 1.54) is 11.1 Å². The molecule has 1 amide bonds. The maximum absolute atomic E-state index is 11.6. The van der Waals surface area contributed by atoms with Gasteiger partial charge in [-0.1, -0.05) is 42.0 Å². The highest BCUT2D eigenvalue weighted by Gasteiger charge is 2.07. The molecule has 3 nitrogen and oxygen atoms in total. The molecule has 0 bridgehead atoms. The monoisotopic (exact) mass is 236 g/mol. The standard InChI is InChI=1S/C12H16N2OS/c1-10-4-3-5-11(6-10)8-14(2)12(15)7-13-9-16/h3-6,9H,7-8H2,1-2H3,(H,13,16). The number of thiocarbonyl (C=S) groups is 1. The van der Waals surface area contributed by atoms with Crippen molar-refractivity contribution >= 4 is 23.6 Å². The summed E-state index contributed by atoms with van der Waals surface area (Å²) in [5, 5.41) is 2.72. The number of hydrogen-bond acceptors (Lipinski definition) is 2. The van der Waals surface area contributed by atoms with Crippen molar-refractivity contribution in [2.45, 2.75) is 13.5 Å². The number of carbonyl (C=O) groups is 1. The summed E-state index contributed by atoms with van der Waals surface area (Å²) in [6, 6.07) is 8.14. The van der Waals surface area contributed by atoms with Gasteiger partial charge in [-0.25, -0.2) is 0 Å². The van der Waals surface area contributed by atoms with Crippen LogP contribution in [0.1, 0.15) is 11.1 Å². The molecule has 86 valence electrons. The fourth-order valence-electron chi connectivity index (χ4n) is 1.44. The smallest absolute Gasteiger partial charge is 0.241 e. The molecular weight excluding hydrogens is 220 g/mol. The maximum atomic E-state index is 11.6. The van der Waals surface area contributed by atoms with Gasteiger partial charge in [-0.2, -0.15) is 0 Å². The van der Waals surface area contributed by atoms with E-state index in [2.05, 4.69) is 23.6 Å². The van der Waals surface area contributed by atoms with Gasteiger partial charge in [0.1, 0.15) is 0 Å². The van der Waals surface area contributed by atoms with Gasteiger partial charge in [0, 0.05) is 13.6 Å². The molecule has 0 aliphatic rings. The fraction of sp³-hybridized carbons (Fsp3) is 0.333. The molecule has 0 aliphatic carbocycles. The molecule has 0 heterocycles. The molecule has 4 heteroatoms. The molecule has 0 radical (unpaired) electrons. The first-order valence-corrected chi connectivity index (χ1v) is 5.57. The van der Waals surface area contributed by atoms with Crippen LogP contribution in [0.2, 0.25) is 0 Å². The van der Waals surface area contributed by atoms with Crippen molar-refractivity contribution in [2.24, 2.45) is 0 Å². The lowest BCUT2D eigenvalue weighted by atomic mass is 10.1. The number of aryl methyl sites for hydroxylation is 1. The molecule has 0 unspecified atom stereocenters. The highest BCUT2D eigenvalue weighted by atomic mass is 32.1. The Labute approximate surface area is 101 Å². The van der Waals surface area contributed by atoms with Crippen LogP contribution in [0.15, 0.2) is 24.3 Å². The first-order valence-electron chi connectivity index (χ1n) is 5.10. The van der Waals surface area contributed by atoms with Gasteiger partial charge >= 0.3 is 0 Å². The number of carbonyl (C=O) groups excluding carboxylic acids is 1. The summed E-state index contributed by atoms with van der Waals surface area (Å²) in [7, 11) is 1.79.